The fraction of sp³-hybridized carbons (Fsp3) is 0.588. The van der Waals surface area contributed by atoms with E-state index in [1.165, 1.54) is 12.8 Å². The molecule has 0 unspecified atom stereocenters. The molecule has 3 nitrogen and oxygen atoms in total. The number of amides is 1. The van der Waals surface area contributed by atoms with Crippen molar-refractivity contribution in [2.75, 3.05) is 6.54 Å². The maximum absolute atomic E-state index is 12.6. The first-order valence-electron chi connectivity index (χ1n) is 7.64. The van der Waals surface area contributed by atoms with Crippen molar-refractivity contribution in [1.82, 2.24) is 4.90 Å². The average molecular weight is 275 g/mol. The predicted octanol–water partition coefficient (Wildman–Crippen LogP) is 3.36. The van der Waals surface area contributed by atoms with E-state index in [4.69, 9.17) is 0 Å². The van der Waals surface area contributed by atoms with Gasteiger partial charge in [0.05, 0.1) is 6.42 Å². The van der Waals surface area contributed by atoms with Gasteiger partial charge in [0.25, 0.3) is 0 Å². The van der Waals surface area contributed by atoms with Gasteiger partial charge < -0.3 is 10.0 Å². The van der Waals surface area contributed by atoms with Crippen molar-refractivity contribution in [2.45, 2.75) is 52.0 Å². The van der Waals surface area contributed by atoms with Crippen LogP contribution in [0.25, 0.3) is 0 Å². The lowest BCUT2D eigenvalue weighted by Gasteiger charge is -2.31. The largest absolute Gasteiger partial charge is 0.508 e. The van der Waals surface area contributed by atoms with Crippen molar-refractivity contribution < 1.29 is 9.90 Å². The zero-order valence-electron chi connectivity index (χ0n) is 12.5. The fourth-order valence-electron chi connectivity index (χ4n) is 2.99. The van der Waals surface area contributed by atoms with Crippen molar-refractivity contribution in [3.8, 4) is 5.75 Å². The molecule has 0 spiro atoms. The lowest BCUT2D eigenvalue weighted by Crippen LogP contribution is -2.42. The Kier molecular flexibility index (Phi) is 5.05. The van der Waals surface area contributed by atoms with Gasteiger partial charge in [0.15, 0.2) is 0 Å². The Morgan fingerprint density at radius 1 is 1.30 bits per heavy atom. The Morgan fingerprint density at radius 3 is 2.55 bits per heavy atom. The molecule has 1 aromatic rings. The van der Waals surface area contributed by atoms with E-state index in [-0.39, 0.29) is 11.7 Å². The summed E-state index contributed by atoms with van der Waals surface area (Å²) in [5, 5.41) is 9.82. The highest BCUT2D eigenvalue weighted by molar-refractivity contribution is 5.79. The summed E-state index contributed by atoms with van der Waals surface area (Å²) in [7, 11) is 0. The van der Waals surface area contributed by atoms with Crippen LogP contribution in [-0.4, -0.2) is 28.5 Å². The molecule has 20 heavy (non-hydrogen) atoms. The van der Waals surface area contributed by atoms with Gasteiger partial charge in [0.1, 0.15) is 5.75 Å². The first-order chi connectivity index (χ1) is 9.58. The van der Waals surface area contributed by atoms with Gasteiger partial charge in [-0.05, 0) is 24.8 Å². The van der Waals surface area contributed by atoms with Gasteiger partial charge in [-0.1, -0.05) is 44.9 Å². The van der Waals surface area contributed by atoms with Crippen molar-refractivity contribution >= 4 is 5.91 Å². The molecule has 1 N–H and O–H groups in total. The number of carbonyl (C=O) groups is 1. The van der Waals surface area contributed by atoms with E-state index in [0.29, 0.717) is 18.4 Å². The van der Waals surface area contributed by atoms with Crippen LogP contribution in [0.4, 0.5) is 0 Å². The third kappa shape index (κ3) is 3.75. The van der Waals surface area contributed by atoms with Crippen LogP contribution >= 0.6 is 0 Å². The van der Waals surface area contributed by atoms with Gasteiger partial charge in [-0.3, -0.25) is 4.79 Å². The van der Waals surface area contributed by atoms with E-state index < -0.39 is 0 Å². The summed E-state index contributed by atoms with van der Waals surface area (Å²) >= 11 is 0. The fourth-order valence-corrected chi connectivity index (χ4v) is 2.99. The standard InChI is InChI=1S/C17H25NO2/c1-13(2)12-18(15-8-4-5-9-15)17(20)11-14-7-3-6-10-16(14)19/h3,6-7,10,13,15,19H,4-5,8-9,11-12H2,1-2H3. The quantitative estimate of drug-likeness (QED) is 0.895. The third-order valence-corrected chi connectivity index (χ3v) is 3.98. The number of aromatic hydroxyl groups is 1. The van der Waals surface area contributed by atoms with Crippen LogP contribution in [-0.2, 0) is 11.2 Å². The zero-order chi connectivity index (χ0) is 14.5. The summed E-state index contributed by atoms with van der Waals surface area (Å²) in [5.41, 5.74) is 0.726. The molecule has 0 saturated heterocycles. The molecule has 0 bridgehead atoms. The molecule has 1 fully saturated rings. The summed E-state index contributed by atoms with van der Waals surface area (Å²) < 4.78 is 0. The minimum Gasteiger partial charge on any atom is -0.508 e. The molecular formula is C17H25NO2. The first-order valence-corrected chi connectivity index (χ1v) is 7.64. The molecule has 1 amide bonds. The summed E-state index contributed by atoms with van der Waals surface area (Å²) in [5.74, 6) is 0.841. The van der Waals surface area contributed by atoms with Crippen LogP contribution in [0.1, 0.15) is 45.1 Å². The maximum atomic E-state index is 12.6. The van der Waals surface area contributed by atoms with Crippen molar-refractivity contribution in [3.05, 3.63) is 29.8 Å². The second kappa shape index (κ2) is 6.78. The number of nitrogens with zero attached hydrogens (tertiary/aromatic N) is 1. The van der Waals surface area contributed by atoms with Gasteiger partial charge in [0, 0.05) is 18.2 Å². The summed E-state index contributed by atoms with van der Waals surface area (Å²) in [6.45, 7) is 5.11. The molecule has 1 aliphatic rings. The van der Waals surface area contributed by atoms with E-state index in [1.807, 2.05) is 17.0 Å². The Balaban J connectivity index is 2.08. The summed E-state index contributed by atoms with van der Waals surface area (Å²) in [6.07, 6.45) is 5.00. The molecule has 3 heteroatoms. The second-order valence-electron chi connectivity index (χ2n) is 6.18. The Morgan fingerprint density at radius 2 is 1.95 bits per heavy atom. The molecule has 0 atom stereocenters. The Bertz CT molecular complexity index is 450. The summed E-state index contributed by atoms with van der Waals surface area (Å²) in [4.78, 5) is 14.6. The van der Waals surface area contributed by atoms with Crippen molar-refractivity contribution in [2.24, 2.45) is 5.92 Å². The van der Waals surface area contributed by atoms with Crippen molar-refractivity contribution in [3.63, 3.8) is 0 Å². The third-order valence-electron chi connectivity index (χ3n) is 3.98. The maximum Gasteiger partial charge on any atom is 0.227 e. The van der Waals surface area contributed by atoms with E-state index in [1.54, 1.807) is 12.1 Å². The zero-order valence-corrected chi connectivity index (χ0v) is 12.5. The number of phenols is 1. The smallest absolute Gasteiger partial charge is 0.227 e. The molecule has 1 aliphatic carbocycles. The SMILES string of the molecule is CC(C)CN(C(=O)Cc1ccccc1O)C1CCCC1. The molecule has 110 valence electrons. The number of rotatable bonds is 5. The first kappa shape index (κ1) is 14.9. The van der Waals surface area contributed by atoms with Crippen LogP contribution in [0.2, 0.25) is 0 Å². The van der Waals surface area contributed by atoms with Gasteiger partial charge in [-0.25, -0.2) is 0 Å². The highest BCUT2D eigenvalue weighted by Crippen LogP contribution is 2.26. The Hall–Kier alpha value is -1.51. The summed E-state index contributed by atoms with van der Waals surface area (Å²) in [6, 6.07) is 7.52. The van der Waals surface area contributed by atoms with Crippen LogP contribution in [0.3, 0.4) is 0 Å². The van der Waals surface area contributed by atoms with E-state index in [0.717, 1.165) is 24.9 Å². The number of hydrogen-bond acceptors (Lipinski definition) is 2. The van der Waals surface area contributed by atoms with Gasteiger partial charge in [0.2, 0.25) is 5.91 Å². The van der Waals surface area contributed by atoms with Gasteiger partial charge in [-0.15, -0.1) is 0 Å². The molecule has 0 aliphatic heterocycles. The van der Waals surface area contributed by atoms with Crippen molar-refractivity contribution in [1.29, 1.82) is 0 Å². The van der Waals surface area contributed by atoms with Gasteiger partial charge >= 0.3 is 0 Å². The van der Waals surface area contributed by atoms with E-state index >= 15 is 0 Å². The van der Waals surface area contributed by atoms with Crippen LogP contribution in [0, 0.1) is 5.92 Å². The van der Waals surface area contributed by atoms with Gasteiger partial charge in [-0.2, -0.15) is 0 Å². The number of carbonyl (C=O) groups excluding carboxylic acids is 1. The molecule has 2 rings (SSSR count). The number of phenolic OH excluding ortho intramolecular Hbond substituents is 1. The molecule has 1 aromatic carbocycles. The minimum absolute atomic E-state index is 0.145. The molecule has 0 heterocycles. The highest BCUT2D eigenvalue weighted by atomic mass is 16.3. The van der Waals surface area contributed by atoms with E-state index in [9.17, 15) is 9.90 Å². The molecule has 0 radical (unpaired) electrons. The predicted molar refractivity (Wildman–Crippen MR) is 80.6 cm³/mol. The van der Waals surface area contributed by atoms with E-state index in [2.05, 4.69) is 13.8 Å². The topological polar surface area (TPSA) is 40.5 Å². The van der Waals surface area contributed by atoms with Crippen LogP contribution in [0.15, 0.2) is 24.3 Å². The molecular weight excluding hydrogens is 250 g/mol. The highest BCUT2D eigenvalue weighted by Gasteiger charge is 2.27. The average Bonchev–Trinajstić information content (AvgIpc) is 2.92. The number of para-hydroxylation sites is 1. The lowest BCUT2D eigenvalue weighted by atomic mass is 10.1. The van der Waals surface area contributed by atoms with Crippen LogP contribution < -0.4 is 0 Å². The number of hydrogen-bond donors (Lipinski definition) is 1. The molecule has 0 aromatic heterocycles. The Labute approximate surface area is 121 Å². The van der Waals surface area contributed by atoms with Crippen LogP contribution in [0.5, 0.6) is 5.75 Å². The normalized spacial score (nSPS) is 15.8. The minimum atomic E-state index is 0.145. The number of benzene rings is 1. The molecule has 1 saturated carbocycles. The monoisotopic (exact) mass is 275 g/mol. The second-order valence-corrected chi connectivity index (χ2v) is 6.18. The lowest BCUT2D eigenvalue weighted by molar-refractivity contribution is -0.133.